The van der Waals surface area contributed by atoms with Crippen LogP contribution in [0.2, 0.25) is 0 Å². The summed E-state index contributed by atoms with van der Waals surface area (Å²) in [5.74, 6) is -0.109. The van der Waals surface area contributed by atoms with Crippen LogP contribution in [0.25, 0.3) is 5.69 Å². The van der Waals surface area contributed by atoms with Crippen molar-refractivity contribution in [3.05, 3.63) is 42.0 Å². The molecule has 0 spiro atoms. The molecule has 0 saturated heterocycles. The van der Waals surface area contributed by atoms with E-state index in [4.69, 9.17) is 0 Å². The van der Waals surface area contributed by atoms with Gasteiger partial charge in [-0.1, -0.05) is 39.8 Å². The predicted octanol–water partition coefficient (Wildman–Crippen LogP) is 2.95. The standard InChI is InChI=1S/C20H28N4O3S/c1-5-15(6-2)22-20(25)19-17-12-23(11-14(3)4)28(26,27)18-10-8-7-9-16(18)24(17)13-21-19/h7-10,13-15H,5-6,11-12H2,1-4H3,(H,22,25). The van der Waals surface area contributed by atoms with E-state index in [2.05, 4.69) is 10.3 Å². The number of imidazole rings is 1. The summed E-state index contributed by atoms with van der Waals surface area (Å²) in [5, 5.41) is 3.01. The molecule has 0 fully saturated rings. The van der Waals surface area contributed by atoms with E-state index in [0.717, 1.165) is 12.8 Å². The van der Waals surface area contributed by atoms with Crippen LogP contribution in [0.1, 0.15) is 56.7 Å². The van der Waals surface area contributed by atoms with E-state index in [-0.39, 0.29) is 35.0 Å². The summed E-state index contributed by atoms with van der Waals surface area (Å²) in [5.41, 5.74) is 1.41. The van der Waals surface area contributed by atoms with Crippen molar-refractivity contribution in [3.8, 4) is 5.69 Å². The van der Waals surface area contributed by atoms with Gasteiger partial charge in [0, 0.05) is 12.6 Å². The van der Waals surface area contributed by atoms with Gasteiger partial charge in [0.15, 0.2) is 5.69 Å². The normalized spacial score (nSPS) is 15.9. The van der Waals surface area contributed by atoms with Crippen molar-refractivity contribution < 1.29 is 13.2 Å². The van der Waals surface area contributed by atoms with E-state index in [1.165, 1.54) is 4.31 Å². The maximum absolute atomic E-state index is 13.3. The number of aromatic nitrogens is 2. The molecule has 0 radical (unpaired) electrons. The van der Waals surface area contributed by atoms with E-state index in [1.807, 2.05) is 27.7 Å². The highest BCUT2D eigenvalue weighted by Gasteiger charge is 2.35. The average Bonchev–Trinajstić information content (AvgIpc) is 3.05. The van der Waals surface area contributed by atoms with Crippen LogP contribution in [-0.4, -0.2) is 40.8 Å². The Morgan fingerprint density at radius 2 is 1.89 bits per heavy atom. The Morgan fingerprint density at radius 3 is 2.54 bits per heavy atom. The number of fused-ring (bicyclic) bond motifs is 3. The molecule has 0 aliphatic carbocycles. The third kappa shape index (κ3) is 3.71. The molecule has 1 aromatic carbocycles. The Labute approximate surface area is 166 Å². The second-order valence-electron chi connectivity index (χ2n) is 7.56. The highest BCUT2D eigenvalue weighted by Crippen LogP contribution is 2.31. The quantitative estimate of drug-likeness (QED) is 0.802. The van der Waals surface area contributed by atoms with Crippen molar-refractivity contribution >= 4 is 15.9 Å². The maximum Gasteiger partial charge on any atom is 0.272 e. The van der Waals surface area contributed by atoms with Crippen molar-refractivity contribution in [3.63, 3.8) is 0 Å². The fourth-order valence-corrected chi connectivity index (χ4v) is 5.25. The summed E-state index contributed by atoms with van der Waals surface area (Å²) in [7, 11) is -3.67. The second-order valence-corrected chi connectivity index (χ2v) is 9.46. The van der Waals surface area contributed by atoms with Gasteiger partial charge in [0.1, 0.15) is 11.2 Å². The fourth-order valence-electron chi connectivity index (χ4n) is 3.50. The van der Waals surface area contributed by atoms with Gasteiger partial charge in [-0.25, -0.2) is 13.4 Å². The lowest BCUT2D eigenvalue weighted by Gasteiger charge is -2.22. The minimum atomic E-state index is -3.67. The summed E-state index contributed by atoms with van der Waals surface area (Å²) >= 11 is 0. The molecule has 1 amide bonds. The summed E-state index contributed by atoms with van der Waals surface area (Å²) in [6.45, 7) is 8.48. The molecular formula is C20H28N4O3S. The van der Waals surface area contributed by atoms with Gasteiger partial charge in [-0.3, -0.25) is 9.36 Å². The van der Waals surface area contributed by atoms with Gasteiger partial charge in [-0.2, -0.15) is 4.31 Å². The summed E-state index contributed by atoms with van der Waals surface area (Å²) in [4.78, 5) is 17.5. The van der Waals surface area contributed by atoms with E-state index < -0.39 is 10.0 Å². The molecule has 2 aromatic rings. The number of hydrogen-bond acceptors (Lipinski definition) is 4. The second kappa shape index (κ2) is 8.05. The van der Waals surface area contributed by atoms with Gasteiger partial charge in [0.05, 0.1) is 17.9 Å². The van der Waals surface area contributed by atoms with Crippen LogP contribution in [0.5, 0.6) is 0 Å². The zero-order valence-electron chi connectivity index (χ0n) is 16.8. The number of hydrogen-bond donors (Lipinski definition) is 1. The Kier molecular flexibility index (Phi) is 5.90. The largest absolute Gasteiger partial charge is 0.348 e. The van der Waals surface area contributed by atoms with Gasteiger partial charge >= 0.3 is 0 Å². The third-order valence-corrected chi connectivity index (χ3v) is 6.90. The van der Waals surface area contributed by atoms with Crippen LogP contribution in [0.3, 0.4) is 0 Å². The highest BCUT2D eigenvalue weighted by molar-refractivity contribution is 7.89. The fraction of sp³-hybridized carbons (Fsp3) is 0.500. The summed E-state index contributed by atoms with van der Waals surface area (Å²) < 4.78 is 29.7. The molecular weight excluding hydrogens is 376 g/mol. The molecule has 152 valence electrons. The van der Waals surface area contributed by atoms with E-state index in [9.17, 15) is 13.2 Å². The lowest BCUT2D eigenvalue weighted by molar-refractivity contribution is 0.0928. The Balaban J connectivity index is 2.12. The zero-order chi connectivity index (χ0) is 20.5. The van der Waals surface area contributed by atoms with Crippen LogP contribution in [0.4, 0.5) is 0 Å². The van der Waals surface area contributed by atoms with Crippen molar-refractivity contribution in [2.45, 2.75) is 58.0 Å². The lowest BCUT2D eigenvalue weighted by Crippen LogP contribution is -2.36. The molecule has 1 aromatic heterocycles. The molecule has 1 aliphatic rings. The Hall–Kier alpha value is -2.19. The van der Waals surface area contributed by atoms with Gasteiger partial charge in [0.2, 0.25) is 10.0 Å². The van der Waals surface area contributed by atoms with Crippen molar-refractivity contribution in [1.82, 2.24) is 19.2 Å². The van der Waals surface area contributed by atoms with Crippen LogP contribution in [-0.2, 0) is 16.6 Å². The topological polar surface area (TPSA) is 84.3 Å². The number of nitrogens with zero attached hydrogens (tertiary/aromatic N) is 3. The van der Waals surface area contributed by atoms with Crippen molar-refractivity contribution in [1.29, 1.82) is 0 Å². The van der Waals surface area contributed by atoms with Crippen molar-refractivity contribution in [2.24, 2.45) is 5.92 Å². The van der Waals surface area contributed by atoms with Crippen LogP contribution in [0.15, 0.2) is 35.5 Å². The van der Waals surface area contributed by atoms with Gasteiger partial charge in [-0.05, 0) is 30.9 Å². The number of para-hydroxylation sites is 1. The molecule has 7 nitrogen and oxygen atoms in total. The summed E-state index contributed by atoms with van der Waals surface area (Å²) in [6, 6.07) is 6.93. The van der Waals surface area contributed by atoms with Crippen LogP contribution >= 0.6 is 0 Å². The minimum Gasteiger partial charge on any atom is -0.348 e. The SMILES string of the molecule is CCC(CC)NC(=O)c1ncn2c1CN(CC(C)C)S(=O)(=O)c1ccccc1-2. The molecule has 0 saturated carbocycles. The monoisotopic (exact) mass is 404 g/mol. The molecule has 8 heteroatoms. The minimum absolute atomic E-state index is 0.0680. The predicted molar refractivity (Wildman–Crippen MR) is 108 cm³/mol. The average molecular weight is 405 g/mol. The Bertz CT molecular complexity index is 962. The third-order valence-electron chi connectivity index (χ3n) is 5.04. The number of nitrogens with one attached hydrogen (secondary N) is 1. The van der Waals surface area contributed by atoms with E-state index >= 15 is 0 Å². The lowest BCUT2D eigenvalue weighted by atomic mass is 10.1. The summed E-state index contributed by atoms with van der Waals surface area (Å²) in [6.07, 6.45) is 3.20. The molecule has 0 atom stereocenters. The van der Waals surface area contributed by atoms with Gasteiger partial charge < -0.3 is 5.32 Å². The van der Waals surface area contributed by atoms with Crippen LogP contribution < -0.4 is 5.32 Å². The van der Waals surface area contributed by atoms with Gasteiger partial charge in [0.25, 0.3) is 5.91 Å². The number of carbonyl (C=O) groups excluding carboxylic acids is 1. The van der Waals surface area contributed by atoms with Crippen molar-refractivity contribution in [2.75, 3.05) is 6.54 Å². The number of amides is 1. The first-order valence-electron chi connectivity index (χ1n) is 9.76. The van der Waals surface area contributed by atoms with Gasteiger partial charge in [-0.15, -0.1) is 0 Å². The van der Waals surface area contributed by atoms with Crippen LogP contribution in [0, 0.1) is 5.92 Å². The zero-order valence-corrected chi connectivity index (χ0v) is 17.7. The number of rotatable bonds is 6. The molecule has 0 unspecified atom stereocenters. The molecule has 1 N–H and O–H groups in total. The number of sulfonamides is 1. The van der Waals surface area contributed by atoms with E-state index in [1.54, 1.807) is 35.2 Å². The Morgan fingerprint density at radius 1 is 1.21 bits per heavy atom. The first kappa shape index (κ1) is 20.5. The first-order chi connectivity index (χ1) is 13.3. The first-order valence-corrected chi connectivity index (χ1v) is 11.2. The maximum atomic E-state index is 13.3. The molecule has 1 aliphatic heterocycles. The number of benzene rings is 1. The van der Waals surface area contributed by atoms with E-state index in [0.29, 0.717) is 17.9 Å². The molecule has 2 heterocycles. The molecule has 28 heavy (non-hydrogen) atoms. The molecule has 3 rings (SSSR count). The molecule has 0 bridgehead atoms. The highest BCUT2D eigenvalue weighted by atomic mass is 32.2. The smallest absolute Gasteiger partial charge is 0.272 e. The number of carbonyl (C=O) groups is 1.